The zero-order chi connectivity index (χ0) is 7.90. The van der Waals surface area contributed by atoms with E-state index in [9.17, 15) is 10.4 Å². The predicted octanol–water partition coefficient (Wildman–Crippen LogP) is 1.97. The van der Waals surface area contributed by atoms with Crippen LogP contribution in [-0.4, -0.2) is 0 Å². The quantitative estimate of drug-likeness (QED) is 0.417. The van der Waals surface area contributed by atoms with Crippen LogP contribution in [0, 0.1) is 10.4 Å². The first-order chi connectivity index (χ1) is 5.20. The molecule has 2 rings (SSSR count). The first-order valence-electron chi connectivity index (χ1n) is 3.30. The molecule has 0 N–H and O–H groups in total. The summed E-state index contributed by atoms with van der Waals surface area (Å²) >= 11 is 0. The van der Waals surface area contributed by atoms with Gasteiger partial charge in [0.1, 0.15) is 11.9 Å². The Hall–Kier alpha value is -1.16. The molecule has 0 aromatic heterocycles. The van der Waals surface area contributed by atoms with Crippen LogP contribution in [0.4, 0.5) is 5.69 Å². The highest BCUT2D eigenvalue weighted by Crippen LogP contribution is 2.32. The summed E-state index contributed by atoms with van der Waals surface area (Å²) in [7, 11) is 0. The van der Waals surface area contributed by atoms with Crippen LogP contribution in [0.15, 0.2) is 30.5 Å². The molecule has 1 aliphatic heterocycles. The molecular formula is C8H6NO2-. The van der Waals surface area contributed by atoms with Gasteiger partial charge in [-0.05, 0) is 6.07 Å². The van der Waals surface area contributed by atoms with Gasteiger partial charge in [-0.15, -0.1) is 0 Å². The largest absolute Gasteiger partial charge is 0.621 e. The topological polar surface area (TPSA) is 46.1 Å². The van der Waals surface area contributed by atoms with Gasteiger partial charge < -0.3 is 15.2 Å². The van der Waals surface area contributed by atoms with Gasteiger partial charge in [0, 0.05) is 17.7 Å². The number of benzene rings is 1. The maximum Gasteiger partial charge on any atom is 0.144 e. The Morgan fingerprint density at radius 2 is 1.82 bits per heavy atom. The average molecular weight is 148 g/mol. The maximum absolute atomic E-state index is 11.0. The van der Waals surface area contributed by atoms with Gasteiger partial charge in [0.05, 0.1) is 0 Å². The molecule has 0 aliphatic carbocycles. The van der Waals surface area contributed by atoms with E-state index in [0.717, 1.165) is 11.8 Å². The molecule has 0 spiro atoms. The molecule has 0 fully saturated rings. The summed E-state index contributed by atoms with van der Waals surface area (Å²) in [5, 5.41) is 22.0. The van der Waals surface area contributed by atoms with E-state index < -0.39 is 4.81 Å². The third-order valence-corrected chi connectivity index (χ3v) is 1.72. The van der Waals surface area contributed by atoms with Crippen LogP contribution in [-0.2, 0) is 0 Å². The van der Waals surface area contributed by atoms with E-state index in [1.54, 1.807) is 30.3 Å². The molecule has 3 heteroatoms. The molecule has 0 bridgehead atoms. The maximum atomic E-state index is 11.0. The minimum absolute atomic E-state index is 0.271. The normalized spacial score (nSPS) is 18.4. The van der Waals surface area contributed by atoms with E-state index in [4.69, 9.17) is 0 Å². The summed E-state index contributed by atoms with van der Waals surface area (Å²) in [6, 6.07) is 6.79. The highest BCUT2D eigenvalue weighted by Gasteiger charge is 2.16. The van der Waals surface area contributed by atoms with Crippen molar-refractivity contribution in [3.8, 4) is 0 Å². The first kappa shape index (κ1) is 6.54. The van der Waals surface area contributed by atoms with E-state index in [0.29, 0.717) is 0 Å². The SMILES string of the molecule is [O-][N+]1([O-])C=Cc2ccccc21. The van der Waals surface area contributed by atoms with Crippen LogP contribution in [0.5, 0.6) is 0 Å². The van der Waals surface area contributed by atoms with E-state index in [-0.39, 0.29) is 5.69 Å². The summed E-state index contributed by atoms with van der Waals surface area (Å²) in [5.41, 5.74) is 0.991. The first-order valence-corrected chi connectivity index (χ1v) is 3.30. The molecule has 0 saturated heterocycles. The van der Waals surface area contributed by atoms with Crippen LogP contribution >= 0.6 is 0 Å². The molecule has 0 saturated carbocycles. The van der Waals surface area contributed by atoms with Crippen molar-refractivity contribution in [2.45, 2.75) is 0 Å². The van der Waals surface area contributed by atoms with Gasteiger partial charge in [-0.2, -0.15) is 0 Å². The van der Waals surface area contributed by atoms with Gasteiger partial charge in [-0.25, -0.2) is 0 Å². The summed E-state index contributed by atoms with van der Waals surface area (Å²) < 4.78 is 0. The Balaban J connectivity index is 2.64. The summed E-state index contributed by atoms with van der Waals surface area (Å²) in [6.07, 6.45) is 2.64. The molecule has 0 unspecified atom stereocenters. The lowest BCUT2D eigenvalue weighted by atomic mass is 10.2. The zero-order valence-corrected chi connectivity index (χ0v) is 5.73. The fraction of sp³-hybridized carbons (Fsp3) is 0. The second kappa shape index (κ2) is 1.92. The molecule has 0 amide bonds. The second-order valence-corrected chi connectivity index (χ2v) is 2.47. The van der Waals surface area contributed by atoms with E-state index in [1.165, 1.54) is 0 Å². The van der Waals surface area contributed by atoms with Gasteiger partial charge in [0.25, 0.3) is 0 Å². The van der Waals surface area contributed by atoms with Crippen molar-refractivity contribution in [3.63, 3.8) is 0 Å². The minimum atomic E-state index is -1.63. The molecule has 56 valence electrons. The number of para-hydroxylation sites is 1. The van der Waals surface area contributed by atoms with Crippen molar-refractivity contribution in [3.05, 3.63) is 46.4 Å². The number of fused-ring (bicyclic) bond motifs is 1. The fourth-order valence-electron chi connectivity index (χ4n) is 1.17. The van der Waals surface area contributed by atoms with Crippen LogP contribution < -0.4 is 4.81 Å². The van der Waals surface area contributed by atoms with E-state index in [2.05, 4.69) is 0 Å². The van der Waals surface area contributed by atoms with Gasteiger partial charge >= 0.3 is 0 Å². The minimum Gasteiger partial charge on any atom is -0.621 e. The third-order valence-electron chi connectivity index (χ3n) is 1.72. The number of hydroxylamine groups is 2. The van der Waals surface area contributed by atoms with Crippen LogP contribution in [0.25, 0.3) is 6.08 Å². The van der Waals surface area contributed by atoms with Crippen LogP contribution in [0.2, 0.25) is 0 Å². The Kier molecular flexibility index (Phi) is 1.14. The molecule has 11 heavy (non-hydrogen) atoms. The lowest BCUT2D eigenvalue weighted by molar-refractivity contribution is 0.680. The monoisotopic (exact) mass is 148 g/mol. The van der Waals surface area contributed by atoms with Gasteiger partial charge in [0.2, 0.25) is 0 Å². The van der Waals surface area contributed by atoms with Gasteiger partial charge in [-0.1, -0.05) is 12.1 Å². The van der Waals surface area contributed by atoms with Crippen molar-refractivity contribution in [2.24, 2.45) is 0 Å². The summed E-state index contributed by atoms with van der Waals surface area (Å²) in [5.74, 6) is 0. The number of nitrogens with zero attached hydrogens (tertiary/aromatic N) is 1. The Morgan fingerprint density at radius 3 is 2.55 bits per heavy atom. The highest BCUT2D eigenvalue weighted by atomic mass is 16.8. The van der Waals surface area contributed by atoms with Crippen LogP contribution in [0.3, 0.4) is 0 Å². The zero-order valence-electron chi connectivity index (χ0n) is 5.73. The van der Waals surface area contributed by atoms with Gasteiger partial charge in [-0.3, -0.25) is 0 Å². The summed E-state index contributed by atoms with van der Waals surface area (Å²) in [6.45, 7) is 0. The number of hydrogen-bond donors (Lipinski definition) is 0. The third kappa shape index (κ3) is 0.867. The molecule has 0 radical (unpaired) electrons. The second-order valence-electron chi connectivity index (χ2n) is 2.47. The lowest BCUT2D eigenvalue weighted by Gasteiger charge is -2.40. The molecule has 1 aliphatic rings. The number of hydrogen-bond acceptors (Lipinski definition) is 2. The van der Waals surface area contributed by atoms with Gasteiger partial charge in [0.15, 0.2) is 0 Å². The average Bonchev–Trinajstić information content (AvgIpc) is 2.29. The van der Waals surface area contributed by atoms with Crippen molar-refractivity contribution in [1.29, 1.82) is 0 Å². The molecule has 3 nitrogen and oxygen atoms in total. The molecular weight excluding hydrogens is 142 g/mol. The Morgan fingerprint density at radius 1 is 1.09 bits per heavy atom. The standard InChI is InChI=1S/C8H6NO2/c10-9(11)6-5-7-3-1-2-4-8(7)9/h1-6H/q-1. The molecule has 1 aromatic carbocycles. The smallest absolute Gasteiger partial charge is 0.144 e. The lowest BCUT2D eigenvalue weighted by Crippen LogP contribution is -2.26. The van der Waals surface area contributed by atoms with Crippen molar-refractivity contribution in [2.75, 3.05) is 0 Å². The fourth-order valence-corrected chi connectivity index (χ4v) is 1.17. The molecule has 0 atom stereocenters. The Labute approximate surface area is 63.9 Å². The van der Waals surface area contributed by atoms with E-state index >= 15 is 0 Å². The number of quaternary nitrogens is 1. The number of rotatable bonds is 0. The van der Waals surface area contributed by atoms with Crippen LogP contribution in [0.1, 0.15) is 5.56 Å². The van der Waals surface area contributed by atoms with E-state index in [1.807, 2.05) is 0 Å². The summed E-state index contributed by atoms with van der Waals surface area (Å²) in [4.78, 5) is -1.63. The molecule has 1 aromatic rings. The van der Waals surface area contributed by atoms with Crippen molar-refractivity contribution in [1.82, 2.24) is 4.81 Å². The Bertz CT molecular complexity index is 318. The van der Waals surface area contributed by atoms with Crippen molar-refractivity contribution >= 4 is 11.8 Å². The predicted molar refractivity (Wildman–Crippen MR) is 44.0 cm³/mol. The van der Waals surface area contributed by atoms with Crippen molar-refractivity contribution < 1.29 is 0 Å². The highest BCUT2D eigenvalue weighted by molar-refractivity contribution is 5.73. The molecule has 1 heterocycles.